The average molecular weight is 330 g/mol. The smallest absolute Gasteiger partial charge is 0.309 e. The number of hydrogen-bond acceptors (Lipinski definition) is 3. The Hall–Kier alpha value is -1.26. The van der Waals surface area contributed by atoms with E-state index in [1.54, 1.807) is 18.2 Å². The van der Waals surface area contributed by atoms with Crippen molar-refractivity contribution in [2.45, 2.75) is 32.1 Å². The number of nitrogens with one attached hydrogen (secondary N) is 1. The molecule has 1 N–H and O–H groups in total. The van der Waals surface area contributed by atoms with Crippen LogP contribution in [0.2, 0.25) is 10.0 Å². The predicted molar refractivity (Wildman–Crippen MR) is 82.6 cm³/mol. The molecule has 0 unspecified atom stereocenters. The van der Waals surface area contributed by atoms with Crippen LogP contribution in [0, 0.1) is 5.92 Å². The van der Waals surface area contributed by atoms with Gasteiger partial charge in [0.1, 0.15) is 0 Å². The number of carbonyl (C=O) groups is 2. The Labute approximate surface area is 133 Å². The van der Waals surface area contributed by atoms with Gasteiger partial charge in [-0.05, 0) is 25.0 Å². The van der Waals surface area contributed by atoms with Crippen LogP contribution in [0.1, 0.15) is 32.1 Å². The molecule has 0 bridgehead atoms. The summed E-state index contributed by atoms with van der Waals surface area (Å²) in [6.07, 6.45) is 4.95. The Bertz CT molecular complexity index is 528. The summed E-state index contributed by atoms with van der Waals surface area (Å²) >= 11 is 11.8. The van der Waals surface area contributed by atoms with Gasteiger partial charge in [0, 0.05) is 0 Å². The van der Waals surface area contributed by atoms with Crippen LogP contribution < -0.4 is 5.32 Å². The van der Waals surface area contributed by atoms with Crippen molar-refractivity contribution in [2.24, 2.45) is 5.92 Å². The lowest BCUT2D eigenvalue weighted by Gasteiger charge is -2.19. The van der Waals surface area contributed by atoms with Crippen LogP contribution in [0.15, 0.2) is 18.2 Å². The molecule has 2 rings (SSSR count). The molecule has 6 heteroatoms. The number of halogens is 2. The normalized spacial score (nSPS) is 15.5. The van der Waals surface area contributed by atoms with Gasteiger partial charge in [-0.1, -0.05) is 48.5 Å². The maximum absolute atomic E-state index is 11.8. The molecule has 0 radical (unpaired) electrons. The molecule has 1 saturated carbocycles. The minimum Gasteiger partial charge on any atom is -0.455 e. The van der Waals surface area contributed by atoms with Gasteiger partial charge in [0.15, 0.2) is 6.61 Å². The maximum Gasteiger partial charge on any atom is 0.309 e. The first kappa shape index (κ1) is 16.1. The second-order valence-electron chi connectivity index (χ2n) is 5.09. The molecule has 1 aromatic rings. The van der Waals surface area contributed by atoms with Crippen molar-refractivity contribution in [3.8, 4) is 0 Å². The maximum atomic E-state index is 11.8. The predicted octanol–water partition coefficient (Wildman–Crippen LogP) is 4.06. The Morgan fingerprint density at radius 2 is 1.90 bits per heavy atom. The van der Waals surface area contributed by atoms with Crippen LogP contribution in [0.25, 0.3) is 0 Å². The molecule has 0 saturated heterocycles. The van der Waals surface area contributed by atoms with Gasteiger partial charge in [-0.15, -0.1) is 0 Å². The Morgan fingerprint density at radius 1 is 1.19 bits per heavy atom. The number of carbonyl (C=O) groups excluding carboxylic acids is 2. The van der Waals surface area contributed by atoms with E-state index in [4.69, 9.17) is 27.9 Å². The summed E-state index contributed by atoms with van der Waals surface area (Å²) in [6.45, 7) is -0.307. The van der Waals surface area contributed by atoms with Gasteiger partial charge in [-0.2, -0.15) is 0 Å². The molecule has 114 valence electrons. The Balaban J connectivity index is 1.81. The standard InChI is InChI=1S/C15H17Cl2NO3/c16-11-7-4-8-12(14(11)17)18-13(19)9-21-15(20)10-5-2-1-3-6-10/h4,7-8,10H,1-3,5-6,9H2,(H,18,19). The van der Waals surface area contributed by atoms with Crippen molar-refractivity contribution in [1.29, 1.82) is 0 Å². The van der Waals surface area contributed by atoms with Crippen LogP contribution in [-0.4, -0.2) is 18.5 Å². The van der Waals surface area contributed by atoms with Crippen LogP contribution >= 0.6 is 23.2 Å². The fourth-order valence-electron chi connectivity index (χ4n) is 2.38. The average Bonchev–Trinajstić information content (AvgIpc) is 2.50. The number of hydrogen-bond donors (Lipinski definition) is 1. The summed E-state index contributed by atoms with van der Waals surface area (Å²) in [5.74, 6) is -0.785. The van der Waals surface area contributed by atoms with E-state index >= 15 is 0 Å². The SMILES string of the molecule is O=C(COC(=O)C1CCCCC1)Nc1cccc(Cl)c1Cl. The molecule has 1 fully saturated rings. The first-order valence-corrected chi connectivity index (χ1v) is 7.74. The highest BCUT2D eigenvalue weighted by Gasteiger charge is 2.23. The fourth-order valence-corrected chi connectivity index (χ4v) is 2.73. The highest BCUT2D eigenvalue weighted by molar-refractivity contribution is 6.43. The van der Waals surface area contributed by atoms with Crippen molar-refractivity contribution >= 4 is 40.8 Å². The van der Waals surface area contributed by atoms with E-state index in [2.05, 4.69) is 5.32 Å². The zero-order valence-electron chi connectivity index (χ0n) is 11.5. The van der Waals surface area contributed by atoms with E-state index in [1.807, 2.05) is 0 Å². The minimum atomic E-state index is -0.427. The number of rotatable bonds is 4. The second kappa shape index (κ2) is 7.66. The van der Waals surface area contributed by atoms with Gasteiger partial charge >= 0.3 is 5.97 Å². The first-order chi connectivity index (χ1) is 10.1. The summed E-state index contributed by atoms with van der Waals surface area (Å²) in [4.78, 5) is 23.6. The first-order valence-electron chi connectivity index (χ1n) is 6.98. The zero-order chi connectivity index (χ0) is 15.2. The Morgan fingerprint density at radius 3 is 2.62 bits per heavy atom. The van der Waals surface area contributed by atoms with Crippen LogP contribution in [0.4, 0.5) is 5.69 Å². The van der Waals surface area contributed by atoms with E-state index in [-0.39, 0.29) is 23.5 Å². The summed E-state index contributed by atoms with van der Waals surface area (Å²) < 4.78 is 5.06. The lowest BCUT2D eigenvalue weighted by Crippen LogP contribution is -2.26. The summed E-state index contributed by atoms with van der Waals surface area (Å²) in [7, 11) is 0. The molecule has 0 heterocycles. The van der Waals surface area contributed by atoms with Gasteiger partial charge in [-0.3, -0.25) is 9.59 Å². The van der Waals surface area contributed by atoms with Crippen molar-refractivity contribution in [2.75, 3.05) is 11.9 Å². The van der Waals surface area contributed by atoms with Gasteiger partial charge < -0.3 is 10.1 Å². The third kappa shape index (κ3) is 4.61. The number of ether oxygens (including phenoxy) is 1. The highest BCUT2D eigenvalue weighted by atomic mass is 35.5. The summed E-state index contributed by atoms with van der Waals surface area (Å²) in [5.41, 5.74) is 0.405. The molecular formula is C15H17Cl2NO3. The summed E-state index contributed by atoms with van der Waals surface area (Å²) in [5, 5.41) is 3.20. The van der Waals surface area contributed by atoms with Crippen molar-refractivity contribution in [3.05, 3.63) is 28.2 Å². The van der Waals surface area contributed by atoms with E-state index in [0.717, 1.165) is 32.1 Å². The minimum absolute atomic E-state index is 0.0682. The lowest BCUT2D eigenvalue weighted by atomic mass is 9.89. The van der Waals surface area contributed by atoms with Gasteiger partial charge in [0.05, 0.1) is 21.7 Å². The van der Waals surface area contributed by atoms with Crippen molar-refractivity contribution in [1.82, 2.24) is 0 Å². The zero-order valence-corrected chi connectivity index (χ0v) is 13.0. The van der Waals surface area contributed by atoms with E-state index < -0.39 is 5.91 Å². The third-order valence-electron chi connectivity index (χ3n) is 3.51. The third-order valence-corrected chi connectivity index (χ3v) is 4.33. The molecule has 0 atom stereocenters. The number of benzene rings is 1. The number of amides is 1. The van der Waals surface area contributed by atoms with Crippen LogP contribution in [-0.2, 0) is 14.3 Å². The lowest BCUT2D eigenvalue weighted by molar-refractivity contribution is -0.152. The van der Waals surface area contributed by atoms with Crippen molar-refractivity contribution in [3.63, 3.8) is 0 Å². The molecular weight excluding hydrogens is 313 g/mol. The quantitative estimate of drug-likeness (QED) is 0.847. The Kier molecular flexibility index (Phi) is 5.88. The highest BCUT2D eigenvalue weighted by Crippen LogP contribution is 2.29. The molecule has 1 amide bonds. The van der Waals surface area contributed by atoms with Gasteiger partial charge in [0.25, 0.3) is 5.91 Å². The fraction of sp³-hybridized carbons (Fsp3) is 0.467. The van der Waals surface area contributed by atoms with Gasteiger partial charge in [-0.25, -0.2) is 0 Å². The molecule has 1 aliphatic carbocycles. The molecule has 0 aliphatic heterocycles. The molecule has 1 aliphatic rings. The van der Waals surface area contributed by atoms with E-state index in [9.17, 15) is 9.59 Å². The van der Waals surface area contributed by atoms with Crippen LogP contribution in [0.3, 0.4) is 0 Å². The van der Waals surface area contributed by atoms with Crippen molar-refractivity contribution < 1.29 is 14.3 Å². The number of anilines is 1. The molecule has 0 spiro atoms. The van der Waals surface area contributed by atoms with E-state index in [0.29, 0.717) is 10.7 Å². The number of esters is 1. The monoisotopic (exact) mass is 329 g/mol. The van der Waals surface area contributed by atoms with E-state index in [1.165, 1.54) is 0 Å². The largest absolute Gasteiger partial charge is 0.455 e. The molecule has 1 aromatic carbocycles. The second-order valence-corrected chi connectivity index (χ2v) is 5.88. The van der Waals surface area contributed by atoms with Crippen LogP contribution in [0.5, 0.6) is 0 Å². The summed E-state index contributed by atoms with van der Waals surface area (Å²) in [6, 6.07) is 4.94. The van der Waals surface area contributed by atoms with Gasteiger partial charge in [0.2, 0.25) is 0 Å². The molecule has 21 heavy (non-hydrogen) atoms. The molecule has 0 aromatic heterocycles. The molecule has 4 nitrogen and oxygen atoms in total. The topological polar surface area (TPSA) is 55.4 Å².